The van der Waals surface area contributed by atoms with Crippen LogP contribution in [0.5, 0.6) is 0 Å². The minimum atomic E-state index is -3.13. The van der Waals surface area contributed by atoms with Crippen LogP contribution >= 0.6 is 0 Å². The molecule has 1 aliphatic carbocycles. The zero-order valence-electron chi connectivity index (χ0n) is 9.39. The Hall–Kier alpha value is -0.870. The maximum absolute atomic E-state index is 11.4. The summed E-state index contributed by atoms with van der Waals surface area (Å²) in [6, 6.07) is 6.99. The molecule has 0 heterocycles. The topological polar surface area (TPSA) is 60.2 Å². The first-order chi connectivity index (χ1) is 7.48. The Kier molecular flexibility index (Phi) is 3.04. The second kappa shape index (κ2) is 4.18. The largest absolute Gasteiger partial charge is 0.324 e. The molecule has 1 unspecified atom stereocenters. The molecule has 0 amide bonds. The molecule has 1 aliphatic rings. The lowest BCUT2D eigenvalue weighted by Crippen LogP contribution is -2.26. The van der Waals surface area contributed by atoms with Crippen molar-refractivity contribution in [3.8, 4) is 0 Å². The molecule has 3 nitrogen and oxygen atoms in total. The number of nitrogens with two attached hydrogens (primary N) is 1. The van der Waals surface area contributed by atoms with Crippen LogP contribution in [0.15, 0.2) is 29.2 Å². The van der Waals surface area contributed by atoms with Gasteiger partial charge in [-0.3, -0.25) is 0 Å². The van der Waals surface area contributed by atoms with Crippen LogP contribution in [-0.4, -0.2) is 14.7 Å². The van der Waals surface area contributed by atoms with Gasteiger partial charge in [0.1, 0.15) is 0 Å². The van der Waals surface area contributed by atoms with Crippen molar-refractivity contribution in [1.29, 1.82) is 0 Å². The Morgan fingerprint density at radius 1 is 1.38 bits per heavy atom. The molecule has 2 N–H and O–H groups in total. The molecule has 0 saturated heterocycles. The van der Waals surface area contributed by atoms with E-state index in [9.17, 15) is 8.42 Å². The lowest BCUT2D eigenvalue weighted by atomic mass is 9.78. The van der Waals surface area contributed by atoms with Crippen LogP contribution < -0.4 is 5.73 Å². The molecule has 0 radical (unpaired) electrons. The smallest absolute Gasteiger partial charge is 0.175 e. The van der Waals surface area contributed by atoms with Crippen molar-refractivity contribution in [2.24, 2.45) is 11.7 Å². The second-order valence-corrected chi connectivity index (χ2v) is 6.58. The van der Waals surface area contributed by atoms with E-state index in [0.29, 0.717) is 10.8 Å². The number of hydrogen-bond acceptors (Lipinski definition) is 3. The molecule has 0 aliphatic heterocycles. The monoisotopic (exact) mass is 239 g/mol. The highest BCUT2D eigenvalue weighted by atomic mass is 32.2. The third-order valence-corrected chi connectivity index (χ3v) is 4.44. The van der Waals surface area contributed by atoms with Gasteiger partial charge in [0, 0.05) is 12.3 Å². The fourth-order valence-electron chi connectivity index (χ4n) is 2.02. The summed E-state index contributed by atoms with van der Waals surface area (Å²) >= 11 is 0. The zero-order valence-corrected chi connectivity index (χ0v) is 10.2. The molecule has 16 heavy (non-hydrogen) atoms. The van der Waals surface area contributed by atoms with Crippen molar-refractivity contribution in [2.45, 2.75) is 30.2 Å². The first-order valence-corrected chi connectivity index (χ1v) is 7.43. The summed E-state index contributed by atoms with van der Waals surface area (Å²) in [5, 5.41) is 0. The van der Waals surface area contributed by atoms with Gasteiger partial charge in [-0.15, -0.1) is 0 Å². The van der Waals surface area contributed by atoms with Crippen molar-refractivity contribution >= 4 is 9.84 Å². The molecule has 1 aromatic rings. The summed E-state index contributed by atoms with van der Waals surface area (Å²) < 4.78 is 22.8. The molecule has 0 aromatic heterocycles. The highest BCUT2D eigenvalue weighted by Gasteiger charge is 2.25. The normalized spacial score (nSPS) is 19.1. The van der Waals surface area contributed by atoms with E-state index in [1.165, 1.54) is 12.7 Å². The Labute approximate surface area is 96.6 Å². The van der Waals surface area contributed by atoms with E-state index < -0.39 is 9.84 Å². The maximum Gasteiger partial charge on any atom is 0.175 e. The standard InChI is InChI=1S/C12H17NO2S/c1-16(14,15)11-7-3-6-10(8-11)12(13)9-4-2-5-9/h3,6-9,12H,2,4-5,13H2,1H3. The summed E-state index contributed by atoms with van der Waals surface area (Å²) in [6.07, 6.45) is 4.78. The van der Waals surface area contributed by atoms with Gasteiger partial charge in [-0.2, -0.15) is 0 Å². The van der Waals surface area contributed by atoms with Crippen molar-refractivity contribution in [3.05, 3.63) is 29.8 Å². The summed E-state index contributed by atoms with van der Waals surface area (Å²) in [5.41, 5.74) is 7.06. The van der Waals surface area contributed by atoms with Gasteiger partial charge in [-0.05, 0) is 36.5 Å². The lowest BCUT2D eigenvalue weighted by Gasteiger charge is -2.31. The molecule has 0 bridgehead atoms. The summed E-state index contributed by atoms with van der Waals surface area (Å²) in [5.74, 6) is 0.523. The van der Waals surface area contributed by atoms with Crippen LogP contribution in [-0.2, 0) is 9.84 Å². The van der Waals surface area contributed by atoms with Crippen LogP contribution in [0.2, 0.25) is 0 Å². The van der Waals surface area contributed by atoms with E-state index in [4.69, 9.17) is 5.73 Å². The minimum absolute atomic E-state index is 0.0181. The van der Waals surface area contributed by atoms with Gasteiger partial charge in [0.2, 0.25) is 0 Å². The van der Waals surface area contributed by atoms with E-state index in [1.807, 2.05) is 6.07 Å². The Morgan fingerprint density at radius 3 is 2.56 bits per heavy atom. The fraction of sp³-hybridized carbons (Fsp3) is 0.500. The molecule has 1 aromatic carbocycles. The van der Waals surface area contributed by atoms with Gasteiger partial charge in [0.15, 0.2) is 9.84 Å². The van der Waals surface area contributed by atoms with Crippen LogP contribution in [0.4, 0.5) is 0 Å². The van der Waals surface area contributed by atoms with Gasteiger partial charge in [0.05, 0.1) is 4.90 Å². The molecular weight excluding hydrogens is 222 g/mol. The van der Waals surface area contributed by atoms with Crippen molar-refractivity contribution in [2.75, 3.05) is 6.26 Å². The SMILES string of the molecule is CS(=O)(=O)c1cccc(C(N)C2CCC2)c1. The van der Waals surface area contributed by atoms with Crippen LogP contribution in [0.25, 0.3) is 0 Å². The van der Waals surface area contributed by atoms with Gasteiger partial charge in [-0.1, -0.05) is 18.6 Å². The average Bonchev–Trinajstić information content (AvgIpc) is 2.14. The molecule has 1 saturated carbocycles. The Balaban J connectivity index is 2.28. The number of sulfone groups is 1. The summed E-state index contributed by atoms with van der Waals surface area (Å²) in [4.78, 5) is 0.361. The highest BCUT2D eigenvalue weighted by Crippen LogP contribution is 2.36. The Morgan fingerprint density at radius 2 is 2.06 bits per heavy atom. The quantitative estimate of drug-likeness (QED) is 0.876. The molecular formula is C12H17NO2S. The van der Waals surface area contributed by atoms with Gasteiger partial charge in [0.25, 0.3) is 0 Å². The van der Waals surface area contributed by atoms with Gasteiger partial charge in [-0.25, -0.2) is 8.42 Å². The second-order valence-electron chi connectivity index (χ2n) is 4.56. The summed E-state index contributed by atoms with van der Waals surface area (Å²) in [7, 11) is -3.13. The predicted octanol–water partition coefficient (Wildman–Crippen LogP) is 1.89. The van der Waals surface area contributed by atoms with Crippen molar-refractivity contribution in [1.82, 2.24) is 0 Å². The van der Waals surface area contributed by atoms with Crippen LogP contribution in [0.3, 0.4) is 0 Å². The van der Waals surface area contributed by atoms with E-state index in [1.54, 1.807) is 18.2 Å². The van der Waals surface area contributed by atoms with Crippen LogP contribution in [0.1, 0.15) is 30.9 Å². The van der Waals surface area contributed by atoms with Crippen LogP contribution in [0, 0.1) is 5.92 Å². The number of rotatable bonds is 3. The van der Waals surface area contributed by atoms with E-state index >= 15 is 0 Å². The van der Waals surface area contributed by atoms with Crippen molar-refractivity contribution < 1.29 is 8.42 Å². The zero-order chi connectivity index (χ0) is 11.8. The molecule has 88 valence electrons. The van der Waals surface area contributed by atoms with E-state index in [0.717, 1.165) is 18.4 Å². The first-order valence-electron chi connectivity index (χ1n) is 5.54. The third kappa shape index (κ3) is 2.28. The van der Waals surface area contributed by atoms with Gasteiger partial charge >= 0.3 is 0 Å². The molecule has 2 rings (SSSR count). The molecule has 1 atom stereocenters. The predicted molar refractivity (Wildman–Crippen MR) is 63.8 cm³/mol. The van der Waals surface area contributed by atoms with Crippen molar-refractivity contribution in [3.63, 3.8) is 0 Å². The molecule has 0 spiro atoms. The third-order valence-electron chi connectivity index (χ3n) is 3.33. The summed E-state index contributed by atoms with van der Waals surface area (Å²) in [6.45, 7) is 0. The van der Waals surface area contributed by atoms with E-state index in [-0.39, 0.29) is 6.04 Å². The molecule has 4 heteroatoms. The average molecular weight is 239 g/mol. The van der Waals surface area contributed by atoms with Gasteiger partial charge < -0.3 is 5.73 Å². The number of hydrogen-bond donors (Lipinski definition) is 1. The Bertz CT molecular complexity index is 478. The molecule has 1 fully saturated rings. The fourth-order valence-corrected chi connectivity index (χ4v) is 2.70. The van der Waals surface area contributed by atoms with E-state index in [2.05, 4.69) is 0 Å². The number of benzene rings is 1. The maximum atomic E-state index is 11.4. The lowest BCUT2D eigenvalue weighted by molar-refractivity contribution is 0.264. The minimum Gasteiger partial charge on any atom is -0.324 e. The first kappa shape index (κ1) is 11.6. The highest BCUT2D eigenvalue weighted by molar-refractivity contribution is 7.90.